The second kappa shape index (κ2) is 8.27. The Bertz CT molecular complexity index is 931. The van der Waals surface area contributed by atoms with Gasteiger partial charge in [0.15, 0.2) is 23.0 Å². The molecule has 152 valence electrons. The number of hydrogen-bond acceptors (Lipinski definition) is 7. The number of fused-ring (bicyclic) bond motifs is 2. The van der Waals surface area contributed by atoms with Gasteiger partial charge in [0, 0.05) is 6.54 Å². The van der Waals surface area contributed by atoms with E-state index in [0.717, 1.165) is 5.56 Å². The van der Waals surface area contributed by atoms with Crippen LogP contribution in [-0.2, 0) is 22.6 Å². The first-order chi connectivity index (χ1) is 14.1. The van der Waals surface area contributed by atoms with E-state index < -0.39 is 18.6 Å². The molecule has 2 amide bonds. The molecule has 0 aromatic heterocycles. The summed E-state index contributed by atoms with van der Waals surface area (Å²) in [4.78, 5) is 24.6. The topological polar surface area (TPSA) is 115 Å². The molecule has 3 N–H and O–H groups in total. The molecule has 0 spiro atoms. The molecule has 0 bridgehead atoms. The first kappa shape index (κ1) is 18.9. The van der Waals surface area contributed by atoms with Gasteiger partial charge in [-0.25, -0.2) is 0 Å². The third-order valence-electron chi connectivity index (χ3n) is 4.54. The molecule has 2 aromatic carbocycles. The molecule has 1 unspecified atom stereocenters. The quantitative estimate of drug-likeness (QED) is 0.619. The summed E-state index contributed by atoms with van der Waals surface area (Å²) in [6.07, 6.45) is 0.0442. The molecule has 0 radical (unpaired) electrons. The first-order valence-electron chi connectivity index (χ1n) is 9.07. The highest BCUT2D eigenvalue weighted by Crippen LogP contribution is 2.33. The zero-order valence-electron chi connectivity index (χ0n) is 15.5. The van der Waals surface area contributed by atoms with Crippen LogP contribution in [0.2, 0.25) is 0 Å². The molecule has 2 aliphatic heterocycles. The van der Waals surface area contributed by atoms with Crippen molar-refractivity contribution in [3.05, 3.63) is 47.5 Å². The third kappa shape index (κ3) is 4.35. The summed E-state index contributed by atoms with van der Waals surface area (Å²) in [7, 11) is 0. The van der Waals surface area contributed by atoms with Crippen LogP contribution in [0.4, 0.5) is 0 Å². The highest BCUT2D eigenvalue weighted by Gasteiger charge is 2.21. The average Bonchev–Trinajstić information content (AvgIpc) is 3.38. The molecule has 9 heteroatoms. The maximum Gasteiger partial charge on any atom is 0.245 e. The molecule has 2 aliphatic rings. The summed E-state index contributed by atoms with van der Waals surface area (Å²) >= 11 is 0. The molecule has 4 rings (SSSR count). The maximum atomic E-state index is 12.3. The number of carbonyl (C=O) groups excluding carboxylic acids is 2. The van der Waals surface area contributed by atoms with E-state index in [4.69, 9.17) is 18.9 Å². The van der Waals surface area contributed by atoms with Crippen LogP contribution in [0.5, 0.6) is 23.0 Å². The Labute approximate surface area is 166 Å². The van der Waals surface area contributed by atoms with Crippen molar-refractivity contribution < 1.29 is 33.6 Å². The summed E-state index contributed by atoms with van der Waals surface area (Å²) in [5.74, 6) is 1.61. The Balaban J connectivity index is 1.29. The fraction of sp³-hybridized carbons (Fsp3) is 0.300. The van der Waals surface area contributed by atoms with E-state index in [0.29, 0.717) is 28.6 Å². The van der Waals surface area contributed by atoms with Crippen LogP contribution >= 0.6 is 0 Å². The SMILES string of the molecule is O=C(Cc1ccc2c(c1)OCO2)NC(CO)C(=O)NCc1ccc2c(c1)OCO2. The number of nitrogens with one attached hydrogen (secondary N) is 2. The molecule has 0 saturated carbocycles. The zero-order valence-corrected chi connectivity index (χ0v) is 15.5. The van der Waals surface area contributed by atoms with Gasteiger partial charge in [0.25, 0.3) is 0 Å². The molecule has 0 fully saturated rings. The highest BCUT2D eigenvalue weighted by atomic mass is 16.7. The Hall–Kier alpha value is -3.46. The summed E-state index contributed by atoms with van der Waals surface area (Å²) in [5, 5.41) is 14.8. The van der Waals surface area contributed by atoms with Gasteiger partial charge in [-0.1, -0.05) is 12.1 Å². The lowest BCUT2D eigenvalue weighted by Gasteiger charge is -2.16. The lowest BCUT2D eigenvalue weighted by atomic mass is 10.1. The number of benzene rings is 2. The fourth-order valence-electron chi connectivity index (χ4n) is 3.04. The number of ether oxygens (including phenoxy) is 4. The van der Waals surface area contributed by atoms with Crippen molar-refractivity contribution in [3.8, 4) is 23.0 Å². The van der Waals surface area contributed by atoms with Crippen LogP contribution in [0.15, 0.2) is 36.4 Å². The summed E-state index contributed by atoms with van der Waals surface area (Å²) in [5.41, 5.74) is 1.52. The van der Waals surface area contributed by atoms with E-state index in [1.165, 1.54) is 0 Å². The second-order valence-corrected chi connectivity index (χ2v) is 6.57. The predicted octanol–water partition coefficient (Wildman–Crippen LogP) is 0.480. The van der Waals surface area contributed by atoms with E-state index in [2.05, 4.69) is 10.6 Å². The summed E-state index contributed by atoms with van der Waals surface area (Å²) in [6, 6.07) is 9.49. The molecule has 0 aliphatic carbocycles. The molecule has 0 saturated heterocycles. The summed E-state index contributed by atoms with van der Waals surface area (Å²) in [6.45, 7) is 0.0398. The van der Waals surface area contributed by atoms with Crippen LogP contribution in [0.3, 0.4) is 0 Å². The van der Waals surface area contributed by atoms with Gasteiger partial charge < -0.3 is 34.7 Å². The van der Waals surface area contributed by atoms with E-state index >= 15 is 0 Å². The van der Waals surface area contributed by atoms with Crippen LogP contribution in [0.25, 0.3) is 0 Å². The highest BCUT2D eigenvalue weighted by molar-refractivity contribution is 5.88. The van der Waals surface area contributed by atoms with Crippen LogP contribution in [0, 0.1) is 0 Å². The van der Waals surface area contributed by atoms with E-state index in [-0.39, 0.29) is 32.5 Å². The minimum atomic E-state index is -1.05. The van der Waals surface area contributed by atoms with Crippen molar-refractivity contribution in [3.63, 3.8) is 0 Å². The maximum absolute atomic E-state index is 12.3. The normalized spacial score (nSPS) is 14.4. The molecular formula is C20H20N2O7. The lowest BCUT2D eigenvalue weighted by Crippen LogP contribution is -2.49. The number of hydrogen-bond donors (Lipinski definition) is 3. The van der Waals surface area contributed by atoms with E-state index in [1.807, 2.05) is 0 Å². The van der Waals surface area contributed by atoms with Crippen LogP contribution < -0.4 is 29.6 Å². The van der Waals surface area contributed by atoms with Gasteiger partial charge >= 0.3 is 0 Å². The number of carbonyl (C=O) groups is 2. The van der Waals surface area contributed by atoms with Gasteiger partial charge in [0.1, 0.15) is 6.04 Å². The predicted molar refractivity (Wildman–Crippen MR) is 99.7 cm³/mol. The Kier molecular flexibility index (Phi) is 5.39. The van der Waals surface area contributed by atoms with Crippen molar-refractivity contribution in [2.45, 2.75) is 19.0 Å². The van der Waals surface area contributed by atoms with E-state index in [9.17, 15) is 14.7 Å². The number of rotatable bonds is 7. The molecule has 9 nitrogen and oxygen atoms in total. The minimum Gasteiger partial charge on any atom is -0.454 e. The van der Waals surface area contributed by atoms with Crippen LogP contribution in [-0.4, -0.2) is 43.2 Å². The Morgan fingerprint density at radius 3 is 2.14 bits per heavy atom. The van der Waals surface area contributed by atoms with Gasteiger partial charge in [-0.15, -0.1) is 0 Å². The molecular weight excluding hydrogens is 380 g/mol. The van der Waals surface area contributed by atoms with Gasteiger partial charge in [0.2, 0.25) is 25.4 Å². The average molecular weight is 400 g/mol. The third-order valence-corrected chi connectivity index (χ3v) is 4.54. The lowest BCUT2D eigenvalue weighted by molar-refractivity contribution is -0.129. The van der Waals surface area contributed by atoms with Gasteiger partial charge in [-0.2, -0.15) is 0 Å². The van der Waals surface area contributed by atoms with Gasteiger partial charge in [-0.3, -0.25) is 9.59 Å². The Morgan fingerprint density at radius 1 is 0.897 bits per heavy atom. The summed E-state index contributed by atoms with van der Waals surface area (Å²) < 4.78 is 21.1. The minimum absolute atomic E-state index is 0.0442. The van der Waals surface area contributed by atoms with Crippen molar-refractivity contribution >= 4 is 11.8 Å². The van der Waals surface area contributed by atoms with Crippen molar-refractivity contribution in [1.82, 2.24) is 10.6 Å². The van der Waals surface area contributed by atoms with Gasteiger partial charge in [-0.05, 0) is 35.4 Å². The molecule has 29 heavy (non-hydrogen) atoms. The molecule has 2 aromatic rings. The van der Waals surface area contributed by atoms with Crippen molar-refractivity contribution in [2.24, 2.45) is 0 Å². The number of aliphatic hydroxyl groups excluding tert-OH is 1. The monoisotopic (exact) mass is 400 g/mol. The number of aliphatic hydroxyl groups is 1. The van der Waals surface area contributed by atoms with Crippen molar-refractivity contribution in [1.29, 1.82) is 0 Å². The second-order valence-electron chi connectivity index (χ2n) is 6.57. The first-order valence-corrected chi connectivity index (χ1v) is 9.07. The van der Waals surface area contributed by atoms with Gasteiger partial charge in [0.05, 0.1) is 13.0 Å². The largest absolute Gasteiger partial charge is 0.454 e. The van der Waals surface area contributed by atoms with E-state index in [1.54, 1.807) is 36.4 Å². The fourth-order valence-corrected chi connectivity index (χ4v) is 3.04. The standard InChI is InChI=1S/C20H20N2O7/c23-9-14(20(25)21-8-13-2-4-16-18(6-13)29-11-27-16)22-19(24)7-12-1-3-15-17(5-12)28-10-26-15/h1-6,14,23H,7-11H2,(H,21,25)(H,22,24). The zero-order chi connectivity index (χ0) is 20.2. The molecule has 2 heterocycles. The molecule has 1 atom stereocenters. The smallest absolute Gasteiger partial charge is 0.245 e. The number of amides is 2. The Morgan fingerprint density at radius 2 is 1.48 bits per heavy atom. The van der Waals surface area contributed by atoms with Crippen molar-refractivity contribution in [2.75, 3.05) is 20.2 Å². The van der Waals surface area contributed by atoms with Crippen LogP contribution in [0.1, 0.15) is 11.1 Å².